The normalized spacial score (nSPS) is 18.3. The number of aromatic nitrogens is 1. The summed E-state index contributed by atoms with van der Waals surface area (Å²) in [6.07, 6.45) is 0. The Bertz CT molecular complexity index is 908. The number of aryl methyl sites for hydroxylation is 2. The number of morpholine rings is 1. The van der Waals surface area contributed by atoms with Crippen molar-refractivity contribution in [2.45, 2.75) is 39.8 Å². The Hall–Kier alpha value is -2.71. The molecule has 8 heteroatoms. The number of amides is 2. The smallest absolute Gasteiger partial charge is 0.277 e. The van der Waals surface area contributed by atoms with Crippen LogP contribution in [0, 0.1) is 19.8 Å². The van der Waals surface area contributed by atoms with Gasteiger partial charge in [0.05, 0.1) is 13.2 Å². The fraction of sp³-hybridized carbons (Fsp3) is 0.500. The predicted molar refractivity (Wildman–Crippen MR) is 113 cm³/mol. The van der Waals surface area contributed by atoms with Crippen LogP contribution in [0.3, 0.4) is 0 Å². The average Bonchev–Trinajstić information content (AvgIpc) is 3.09. The van der Waals surface area contributed by atoms with E-state index in [0.29, 0.717) is 31.4 Å². The van der Waals surface area contributed by atoms with Crippen molar-refractivity contribution in [1.29, 1.82) is 0 Å². The number of para-hydroxylation sites is 1. The molecule has 2 amide bonds. The summed E-state index contributed by atoms with van der Waals surface area (Å²) in [5.74, 6) is 0.275. The third-order valence-electron chi connectivity index (χ3n) is 5.35. The molecule has 1 saturated heterocycles. The summed E-state index contributed by atoms with van der Waals surface area (Å²) in [5, 5.41) is 5.90. The second-order valence-corrected chi connectivity index (χ2v) is 8.03. The third kappa shape index (κ3) is 4.88. The second kappa shape index (κ2) is 9.40. The first-order valence-electron chi connectivity index (χ1n) is 10.2. The summed E-state index contributed by atoms with van der Waals surface area (Å²) in [6, 6.07) is 6.72. The molecule has 0 spiro atoms. The van der Waals surface area contributed by atoms with Crippen LogP contribution in [-0.2, 0) is 9.53 Å². The number of oxazole rings is 1. The zero-order chi connectivity index (χ0) is 21.8. The zero-order valence-electron chi connectivity index (χ0n) is 18.2. The van der Waals surface area contributed by atoms with E-state index in [1.54, 1.807) is 6.92 Å². The standard InChI is InChI=1S/C22H30N4O4/c1-13(2)18(24-20(27)17-12-29-11-10-26(17)5)22-25-19(15(4)30-22)21(28)23-16-9-7-6-8-14(16)3/h6-9,13,17-18H,10-12H2,1-5H3,(H,23,28)(H,24,27)/t17-,18+/m0/s1. The molecule has 2 heterocycles. The fourth-order valence-electron chi connectivity index (χ4n) is 3.38. The highest BCUT2D eigenvalue weighted by atomic mass is 16.5. The number of nitrogens with zero attached hydrogens (tertiary/aromatic N) is 2. The van der Waals surface area contributed by atoms with Gasteiger partial charge in [-0.05, 0) is 38.4 Å². The number of rotatable bonds is 6. The van der Waals surface area contributed by atoms with Gasteiger partial charge < -0.3 is 19.8 Å². The van der Waals surface area contributed by atoms with Crippen molar-refractivity contribution < 1.29 is 18.7 Å². The minimum absolute atomic E-state index is 0.0223. The Morgan fingerprint density at radius 3 is 2.63 bits per heavy atom. The van der Waals surface area contributed by atoms with E-state index in [4.69, 9.17) is 9.15 Å². The van der Waals surface area contributed by atoms with Gasteiger partial charge in [0.15, 0.2) is 5.69 Å². The Kier molecular flexibility index (Phi) is 6.89. The SMILES string of the molecule is Cc1ccccc1NC(=O)c1nc([C@H](NC(=O)[C@@H]2COCCN2C)C(C)C)oc1C. The van der Waals surface area contributed by atoms with E-state index < -0.39 is 6.04 Å². The van der Waals surface area contributed by atoms with E-state index in [0.717, 1.165) is 11.3 Å². The molecule has 0 radical (unpaired) electrons. The van der Waals surface area contributed by atoms with Crippen LogP contribution in [0.25, 0.3) is 0 Å². The number of hydrogen-bond acceptors (Lipinski definition) is 6. The topological polar surface area (TPSA) is 96.7 Å². The molecule has 1 aliphatic heterocycles. The molecule has 3 rings (SSSR count). The molecule has 2 aromatic rings. The average molecular weight is 415 g/mol. The first-order chi connectivity index (χ1) is 14.3. The number of nitrogens with one attached hydrogen (secondary N) is 2. The summed E-state index contributed by atoms with van der Waals surface area (Å²) < 4.78 is 11.3. The second-order valence-electron chi connectivity index (χ2n) is 8.03. The van der Waals surface area contributed by atoms with Crippen LogP contribution in [0.4, 0.5) is 5.69 Å². The lowest BCUT2D eigenvalue weighted by atomic mass is 10.0. The lowest BCUT2D eigenvalue weighted by Crippen LogP contribution is -2.53. The first-order valence-corrected chi connectivity index (χ1v) is 10.2. The largest absolute Gasteiger partial charge is 0.443 e. The van der Waals surface area contributed by atoms with E-state index >= 15 is 0 Å². The van der Waals surface area contributed by atoms with Gasteiger partial charge in [0, 0.05) is 12.2 Å². The van der Waals surface area contributed by atoms with E-state index in [9.17, 15) is 9.59 Å². The first kappa shape index (κ1) is 22.0. The van der Waals surface area contributed by atoms with Gasteiger partial charge in [-0.25, -0.2) is 4.98 Å². The van der Waals surface area contributed by atoms with Crippen molar-refractivity contribution in [2.24, 2.45) is 5.92 Å². The van der Waals surface area contributed by atoms with Crippen LogP contribution in [0.15, 0.2) is 28.7 Å². The number of benzene rings is 1. The summed E-state index contributed by atoms with van der Waals surface area (Å²) in [7, 11) is 1.90. The van der Waals surface area contributed by atoms with Crippen molar-refractivity contribution in [3.05, 3.63) is 47.2 Å². The summed E-state index contributed by atoms with van der Waals surface area (Å²) in [6.45, 7) is 9.23. The number of likely N-dealkylation sites (N-methyl/N-ethyl adjacent to an activating group) is 1. The Morgan fingerprint density at radius 1 is 1.23 bits per heavy atom. The molecular weight excluding hydrogens is 384 g/mol. The van der Waals surface area contributed by atoms with Crippen molar-refractivity contribution in [1.82, 2.24) is 15.2 Å². The molecular formula is C22H30N4O4. The monoisotopic (exact) mass is 414 g/mol. The van der Waals surface area contributed by atoms with Crippen LogP contribution >= 0.6 is 0 Å². The van der Waals surface area contributed by atoms with E-state index in [2.05, 4.69) is 15.6 Å². The van der Waals surface area contributed by atoms with Gasteiger partial charge in [-0.15, -0.1) is 0 Å². The van der Waals surface area contributed by atoms with Crippen molar-refractivity contribution in [3.63, 3.8) is 0 Å². The molecule has 1 aromatic carbocycles. The van der Waals surface area contributed by atoms with Gasteiger partial charge in [-0.1, -0.05) is 32.0 Å². The number of carbonyl (C=O) groups is 2. The van der Waals surface area contributed by atoms with Gasteiger partial charge in [0.1, 0.15) is 17.8 Å². The van der Waals surface area contributed by atoms with Gasteiger partial charge >= 0.3 is 0 Å². The van der Waals surface area contributed by atoms with Gasteiger partial charge in [0.2, 0.25) is 11.8 Å². The molecule has 2 N–H and O–H groups in total. The number of anilines is 1. The van der Waals surface area contributed by atoms with Crippen LogP contribution in [0.5, 0.6) is 0 Å². The van der Waals surface area contributed by atoms with E-state index in [-0.39, 0.29) is 29.5 Å². The maximum atomic E-state index is 12.8. The Morgan fingerprint density at radius 2 is 1.97 bits per heavy atom. The molecule has 8 nitrogen and oxygen atoms in total. The maximum Gasteiger partial charge on any atom is 0.277 e. The molecule has 1 aliphatic rings. The lowest BCUT2D eigenvalue weighted by molar-refractivity contribution is -0.132. The Labute approximate surface area is 177 Å². The third-order valence-corrected chi connectivity index (χ3v) is 5.35. The Balaban J connectivity index is 1.77. The van der Waals surface area contributed by atoms with E-state index in [1.807, 2.05) is 57.0 Å². The molecule has 0 unspecified atom stereocenters. The maximum absolute atomic E-state index is 12.8. The van der Waals surface area contributed by atoms with Crippen LogP contribution in [0.1, 0.15) is 47.6 Å². The molecule has 30 heavy (non-hydrogen) atoms. The summed E-state index contributed by atoms with van der Waals surface area (Å²) >= 11 is 0. The highest BCUT2D eigenvalue weighted by Crippen LogP contribution is 2.25. The summed E-state index contributed by atoms with van der Waals surface area (Å²) in [5.41, 5.74) is 1.89. The van der Waals surface area contributed by atoms with Crippen molar-refractivity contribution in [2.75, 3.05) is 32.1 Å². The van der Waals surface area contributed by atoms with Gasteiger partial charge in [-0.2, -0.15) is 0 Å². The van der Waals surface area contributed by atoms with Crippen molar-refractivity contribution >= 4 is 17.5 Å². The predicted octanol–water partition coefficient (Wildman–Crippen LogP) is 2.69. The molecule has 1 fully saturated rings. The highest BCUT2D eigenvalue weighted by Gasteiger charge is 2.32. The quantitative estimate of drug-likeness (QED) is 0.754. The zero-order valence-corrected chi connectivity index (χ0v) is 18.2. The van der Waals surface area contributed by atoms with Crippen molar-refractivity contribution in [3.8, 4) is 0 Å². The molecule has 0 bridgehead atoms. The number of hydrogen-bond donors (Lipinski definition) is 2. The molecule has 162 valence electrons. The minimum atomic E-state index is -0.452. The van der Waals surface area contributed by atoms with Crippen LogP contribution in [-0.4, -0.2) is 54.5 Å². The lowest BCUT2D eigenvalue weighted by Gasteiger charge is -2.32. The molecule has 0 saturated carbocycles. The fourth-order valence-corrected chi connectivity index (χ4v) is 3.38. The van der Waals surface area contributed by atoms with Gasteiger partial charge in [0.25, 0.3) is 5.91 Å². The van der Waals surface area contributed by atoms with E-state index in [1.165, 1.54) is 0 Å². The summed E-state index contributed by atoms with van der Waals surface area (Å²) in [4.78, 5) is 32.0. The minimum Gasteiger partial charge on any atom is -0.443 e. The highest BCUT2D eigenvalue weighted by molar-refractivity contribution is 6.03. The van der Waals surface area contributed by atoms with Gasteiger partial charge in [-0.3, -0.25) is 14.5 Å². The van der Waals surface area contributed by atoms with Crippen LogP contribution in [0.2, 0.25) is 0 Å². The number of ether oxygens (including phenoxy) is 1. The molecule has 2 atom stereocenters. The number of carbonyl (C=O) groups excluding carboxylic acids is 2. The molecule has 1 aromatic heterocycles. The molecule has 0 aliphatic carbocycles. The van der Waals surface area contributed by atoms with Crippen LogP contribution < -0.4 is 10.6 Å².